The van der Waals surface area contributed by atoms with Crippen LogP contribution in [0.3, 0.4) is 0 Å². The van der Waals surface area contributed by atoms with Crippen molar-refractivity contribution in [3.63, 3.8) is 0 Å². The number of nitrogens with one attached hydrogen (secondary N) is 1. The van der Waals surface area contributed by atoms with Crippen LogP contribution in [0.25, 0.3) is 0 Å². The largest absolute Gasteiger partial charge is 0.371 e. The molecule has 0 spiro atoms. The summed E-state index contributed by atoms with van der Waals surface area (Å²) in [4.78, 5) is 16.9. The second-order valence-electron chi connectivity index (χ2n) is 6.47. The lowest BCUT2D eigenvalue weighted by molar-refractivity contribution is -0.126. The van der Waals surface area contributed by atoms with Gasteiger partial charge in [-0.15, -0.1) is 0 Å². The molecule has 1 amide bonds. The smallest absolute Gasteiger partial charge is 0.237 e. The molecule has 1 aliphatic heterocycles. The lowest BCUT2D eigenvalue weighted by Gasteiger charge is -2.28. The van der Waals surface area contributed by atoms with E-state index in [9.17, 15) is 9.18 Å². The Hall–Kier alpha value is -1.62. The summed E-state index contributed by atoms with van der Waals surface area (Å²) in [5.74, 6) is 0.387. The Morgan fingerprint density at radius 2 is 1.96 bits per heavy atom. The van der Waals surface area contributed by atoms with Crippen molar-refractivity contribution in [1.82, 2.24) is 10.2 Å². The van der Waals surface area contributed by atoms with E-state index in [0.717, 1.165) is 44.7 Å². The highest BCUT2D eigenvalue weighted by Gasteiger charge is 2.26. The molecular weight excluding hydrogens is 305 g/mol. The molecule has 0 aromatic heterocycles. The normalized spacial score (nSPS) is 18.9. The molecule has 0 unspecified atom stereocenters. The van der Waals surface area contributed by atoms with Crippen molar-refractivity contribution < 1.29 is 9.18 Å². The average Bonchev–Trinajstić information content (AvgIpc) is 3.07. The van der Waals surface area contributed by atoms with Crippen molar-refractivity contribution in [3.05, 3.63) is 30.1 Å². The molecule has 1 aromatic rings. The Kier molecular flexibility index (Phi) is 7.03. The van der Waals surface area contributed by atoms with Crippen LogP contribution in [0.5, 0.6) is 0 Å². The molecule has 0 saturated carbocycles. The van der Waals surface area contributed by atoms with Gasteiger partial charge in [0.05, 0.1) is 6.04 Å². The second kappa shape index (κ2) is 9.02. The van der Waals surface area contributed by atoms with Gasteiger partial charge in [-0.1, -0.05) is 20.8 Å². The molecular formula is C19H30FN3O. The molecule has 4 nitrogen and oxygen atoms in total. The average molecular weight is 335 g/mol. The Bertz CT molecular complexity index is 516. The van der Waals surface area contributed by atoms with Crippen LogP contribution in [-0.2, 0) is 4.79 Å². The van der Waals surface area contributed by atoms with Crippen LogP contribution in [0.1, 0.15) is 33.6 Å². The van der Waals surface area contributed by atoms with Gasteiger partial charge in [-0.05, 0) is 56.1 Å². The van der Waals surface area contributed by atoms with Crippen LogP contribution in [0.4, 0.5) is 10.1 Å². The first-order valence-electron chi connectivity index (χ1n) is 9.11. The van der Waals surface area contributed by atoms with E-state index in [-0.39, 0.29) is 17.8 Å². The fourth-order valence-electron chi connectivity index (χ4n) is 3.52. The molecule has 1 heterocycles. The zero-order valence-electron chi connectivity index (χ0n) is 15.1. The molecule has 1 fully saturated rings. The Balaban J connectivity index is 1.82. The number of likely N-dealkylation sites (N-methyl/N-ethyl adjacent to an activating group) is 1. The number of amides is 1. The summed E-state index contributed by atoms with van der Waals surface area (Å²) < 4.78 is 13.0. The van der Waals surface area contributed by atoms with E-state index in [1.165, 1.54) is 12.1 Å². The van der Waals surface area contributed by atoms with E-state index in [4.69, 9.17) is 0 Å². The van der Waals surface area contributed by atoms with E-state index in [0.29, 0.717) is 12.5 Å². The van der Waals surface area contributed by atoms with Crippen LogP contribution in [0.15, 0.2) is 24.3 Å². The molecule has 134 valence electrons. The maximum absolute atomic E-state index is 13.0. The van der Waals surface area contributed by atoms with E-state index >= 15 is 0 Å². The molecule has 2 rings (SSSR count). The highest BCUT2D eigenvalue weighted by atomic mass is 19.1. The van der Waals surface area contributed by atoms with Gasteiger partial charge in [-0.25, -0.2) is 4.39 Å². The van der Waals surface area contributed by atoms with Gasteiger partial charge < -0.3 is 10.2 Å². The van der Waals surface area contributed by atoms with Crippen molar-refractivity contribution in [2.75, 3.05) is 37.6 Å². The van der Waals surface area contributed by atoms with Crippen LogP contribution in [0.2, 0.25) is 0 Å². The molecule has 1 saturated heterocycles. The predicted octanol–water partition coefficient (Wildman–Crippen LogP) is 2.89. The predicted molar refractivity (Wildman–Crippen MR) is 96.7 cm³/mol. The number of rotatable bonds is 8. The summed E-state index contributed by atoms with van der Waals surface area (Å²) in [6.45, 7) is 10.6. The summed E-state index contributed by atoms with van der Waals surface area (Å²) in [6.07, 6.45) is 1.89. The van der Waals surface area contributed by atoms with E-state index in [2.05, 4.69) is 35.9 Å². The number of hydrogen-bond donors (Lipinski definition) is 1. The lowest BCUT2D eigenvalue weighted by atomic mass is 10.1. The Morgan fingerprint density at radius 1 is 1.29 bits per heavy atom. The summed E-state index contributed by atoms with van der Waals surface area (Å²) in [6, 6.07) is 6.61. The first-order chi connectivity index (χ1) is 11.6. The fraction of sp³-hybridized carbons (Fsp3) is 0.632. The van der Waals surface area contributed by atoms with Crippen molar-refractivity contribution >= 4 is 11.6 Å². The van der Waals surface area contributed by atoms with Crippen LogP contribution >= 0.6 is 0 Å². The SMILES string of the molecule is CC[C@@H](C(=O)NC[C@@H]1CCN(c2ccc(F)cc2)C1)N(CC)CC. The number of halogens is 1. The van der Waals surface area contributed by atoms with E-state index in [1.54, 1.807) is 0 Å². The van der Waals surface area contributed by atoms with E-state index < -0.39 is 0 Å². The number of hydrogen-bond acceptors (Lipinski definition) is 3. The topological polar surface area (TPSA) is 35.6 Å². The van der Waals surface area contributed by atoms with Gasteiger partial charge in [0.1, 0.15) is 5.82 Å². The maximum atomic E-state index is 13.0. The van der Waals surface area contributed by atoms with Crippen LogP contribution < -0.4 is 10.2 Å². The third-order valence-corrected chi connectivity index (χ3v) is 4.99. The number of benzene rings is 1. The Labute approximate surface area is 145 Å². The summed E-state index contributed by atoms with van der Waals surface area (Å²) in [5.41, 5.74) is 1.06. The van der Waals surface area contributed by atoms with Crippen molar-refractivity contribution in [2.45, 2.75) is 39.7 Å². The van der Waals surface area contributed by atoms with Crippen LogP contribution in [0, 0.1) is 11.7 Å². The monoisotopic (exact) mass is 335 g/mol. The highest BCUT2D eigenvalue weighted by molar-refractivity contribution is 5.81. The molecule has 5 heteroatoms. The molecule has 0 radical (unpaired) electrons. The fourth-order valence-corrected chi connectivity index (χ4v) is 3.52. The molecule has 1 aliphatic rings. The first-order valence-corrected chi connectivity index (χ1v) is 9.11. The Morgan fingerprint density at radius 3 is 2.54 bits per heavy atom. The molecule has 0 aliphatic carbocycles. The molecule has 0 bridgehead atoms. The second-order valence-corrected chi connectivity index (χ2v) is 6.47. The molecule has 1 N–H and O–H groups in total. The minimum Gasteiger partial charge on any atom is -0.371 e. The standard InChI is InChI=1S/C19H30FN3O/c1-4-18(22(5-2)6-3)19(24)21-13-15-11-12-23(14-15)17-9-7-16(20)8-10-17/h7-10,15,18H,4-6,11-14H2,1-3H3,(H,21,24)/t15-,18-/m0/s1. The van der Waals surface area contributed by atoms with Crippen molar-refractivity contribution in [3.8, 4) is 0 Å². The van der Waals surface area contributed by atoms with Gasteiger partial charge in [0.2, 0.25) is 5.91 Å². The molecule has 1 aromatic carbocycles. The summed E-state index contributed by atoms with van der Waals surface area (Å²) in [5, 5.41) is 3.14. The van der Waals surface area contributed by atoms with Crippen molar-refractivity contribution in [2.24, 2.45) is 5.92 Å². The minimum absolute atomic E-state index is 0.0328. The number of anilines is 1. The molecule has 2 atom stereocenters. The highest BCUT2D eigenvalue weighted by Crippen LogP contribution is 2.23. The van der Waals surface area contributed by atoms with Gasteiger partial charge in [0.15, 0.2) is 0 Å². The van der Waals surface area contributed by atoms with E-state index in [1.807, 2.05) is 12.1 Å². The number of carbonyl (C=O) groups is 1. The molecule has 24 heavy (non-hydrogen) atoms. The third kappa shape index (κ3) is 4.69. The summed E-state index contributed by atoms with van der Waals surface area (Å²) in [7, 11) is 0. The quantitative estimate of drug-likeness (QED) is 0.793. The van der Waals surface area contributed by atoms with Gasteiger partial charge in [-0.2, -0.15) is 0 Å². The maximum Gasteiger partial charge on any atom is 0.237 e. The van der Waals surface area contributed by atoms with Crippen molar-refractivity contribution in [1.29, 1.82) is 0 Å². The zero-order valence-corrected chi connectivity index (χ0v) is 15.1. The minimum atomic E-state index is -0.205. The van der Waals surface area contributed by atoms with Gasteiger partial charge in [0, 0.05) is 25.3 Å². The third-order valence-electron chi connectivity index (χ3n) is 4.99. The lowest BCUT2D eigenvalue weighted by Crippen LogP contribution is -2.47. The number of nitrogens with zero attached hydrogens (tertiary/aromatic N) is 2. The van der Waals surface area contributed by atoms with Gasteiger partial charge in [0.25, 0.3) is 0 Å². The van der Waals surface area contributed by atoms with Gasteiger partial charge >= 0.3 is 0 Å². The van der Waals surface area contributed by atoms with Gasteiger partial charge in [-0.3, -0.25) is 9.69 Å². The van der Waals surface area contributed by atoms with Crippen LogP contribution in [-0.4, -0.2) is 49.6 Å². The first kappa shape index (κ1) is 18.7. The zero-order chi connectivity index (χ0) is 17.5. The number of carbonyl (C=O) groups excluding carboxylic acids is 1. The summed E-state index contributed by atoms with van der Waals surface area (Å²) >= 11 is 0.